The maximum absolute atomic E-state index is 2.43. The first kappa shape index (κ1) is 23.0. The minimum absolute atomic E-state index is 1.24. The van der Waals surface area contributed by atoms with Gasteiger partial charge in [0.2, 0.25) is 0 Å². The summed E-state index contributed by atoms with van der Waals surface area (Å²) in [6, 6.07) is 0. The summed E-state index contributed by atoms with van der Waals surface area (Å²) in [5.74, 6) is 0. The molecule has 0 aromatic rings. The van der Waals surface area contributed by atoms with Gasteiger partial charge >= 0.3 is 0 Å². The molecule has 0 aromatic carbocycles. The Morgan fingerprint density at radius 3 is 0.957 bits per heavy atom. The SMILES string of the molecule is CCCCCCCCCCC[N+](C)(C)CCCCCCCCC. The van der Waals surface area contributed by atoms with E-state index < -0.39 is 0 Å². The van der Waals surface area contributed by atoms with Gasteiger partial charge in [-0.1, -0.05) is 90.9 Å². The van der Waals surface area contributed by atoms with Crippen LogP contribution in [0.1, 0.15) is 117 Å². The lowest BCUT2D eigenvalue weighted by atomic mass is 10.1. The highest BCUT2D eigenvalue weighted by atomic mass is 15.3. The van der Waals surface area contributed by atoms with Crippen molar-refractivity contribution in [2.75, 3.05) is 27.2 Å². The maximum atomic E-state index is 2.43. The first-order valence-electron chi connectivity index (χ1n) is 10.9. The Morgan fingerprint density at radius 2 is 0.652 bits per heavy atom. The van der Waals surface area contributed by atoms with Crippen molar-refractivity contribution in [2.45, 2.75) is 117 Å². The number of hydrogen-bond acceptors (Lipinski definition) is 0. The molecule has 0 heterocycles. The molecule has 0 spiro atoms. The molecule has 0 saturated carbocycles. The van der Waals surface area contributed by atoms with Gasteiger partial charge in [-0.15, -0.1) is 0 Å². The van der Waals surface area contributed by atoms with Crippen LogP contribution in [0.5, 0.6) is 0 Å². The third-order valence-electron chi connectivity index (χ3n) is 5.23. The van der Waals surface area contributed by atoms with Crippen LogP contribution in [0, 0.1) is 0 Å². The summed E-state index contributed by atoms with van der Waals surface area (Å²) in [6.45, 7) is 7.36. The minimum atomic E-state index is 1.24. The molecule has 0 N–H and O–H groups in total. The molecule has 0 saturated heterocycles. The molecule has 0 amide bonds. The molecule has 140 valence electrons. The van der Waals surface area contributed by atoms with E-state index in [9.17, 15) is 0 Å². The van der Waals surface area contributed by atoms with Gasteiger partial charge < -0.3 is 4.48 Å². The first-order valence-corrected chi connectivity index (χ1v) is 10.9. The van der Waals surface area contributed by atoms with Crippen molar-refractivity contribution in [3.8, 4) is 0 Å². The lowest BCUT2D eigenvalue weighted by Crippen LogP contribution is -2.41. The number of quaternary nitrogens is 1. The lowest BCUT2D eigenvalue weighted by Gasteiger charge is -2.30. The van der Waals surface area contributed by atoms with Gasteiger partial charge in [-0.3, -0.25) is 0 Å². The lowest BCUT2D eigenvalue weighted by molar-refractivity contribution is -0.890. The second kappa shape index (κ2) is 16.8. The quantitative estimate of drug-likeness (QED) is 0.182. The Morgan fingerprint density at radius 1 is 0.391 bits per heavy atom. The van der Waals surface area contributed by atoms with E-state index >= 15 is 0 Å². The van der Waals surface area contributed by atoms with Gasteiger partial charge in [0.1, 0.15) is 0 Å². The number of rotatable bonds is 18. The second-order valence-electron chi connectivity index (χ2n) is 8.33. The summed E-state index contributed by atoms with van der Waals surface area (Å²) in [5, 5.41) is 0. The van der Waals surface area contributed by atoms with Crippen molar-refractivity contribution >= 4 is 0 Å². The van der Waals surface area contributed by atoms with E-state index in [2.05, 4.69) is 27.9 Å². The van der Waals surface area contributed by atoms with Crippen molar-refractivity contribution in [1.29, 1.82) is 0 Å². The van der Waals surface area contributed by atoms with E-state index in [4.69, 9.17) is 0 Å². The van der Waals surface area contributed by atoms with Crippen LogP contribution in [0.15, 0.2) is 0 Å². The largest absolute Gasteiger partial charge is 0.328 e. The molecule has 0 rings (SSSR count). The molecule has 0 aromatic heterocycles. The summed E-state index contributed by atoms with van der Waals surface area (Å²) in [4.78, 5) is 0. The highest BCUT2D eigenvalue weighted by molar-refractivity contribution is 4.48. The van der Waals surface area contributed by atoms with Gasteiger partial charge in [0.05, 0.1) is 27.2 Å². The Hall–Kier alpha value is -0.0400. The smallest absolute Gasteiger partial charge is 0.0782 e. The molecular weight excluding hydrogens is 278 g/mol. The zero-order valence-electron chi connectivity index (χ0n) is 17.2. The van der Waals surface area contributed by atoms with Gasteiger partial charge in [-0.25, -0.2) is 0 Å². The van der Waals surface area contributed by atoms with Gasteiger partial charge in [-0.05, 0) is 25.7 Å². The fraction of sp³-hybridized carbons (Fsp3) is 1.00. The molecule has 0 bridgehead atoms. The van der Waals surface area contributed by atoms with Crippen molar-refractivity contribution in [3.63, 3.8) is 0 Å². The van der Waals surface area contributed by atoms with Crippen molar-refractivity contribution < 1.29 is 4.48 Å². The van der Waals surface area contributed by atoms with E-state index in [-0.39, 0.29) is 0 Å². The number of nitrogens with zero attached hydrogens (tertiary/aromatic N) is 1. The van der Waals surface area contributed by atoms with E-state index in [0.29, 0.717) is 0 Å². The number of hydrogen-bond donors (Lipinski definition) is 0. The van der Waals surface area contributed by atoms with Crippen LogP contribution in [0.3, 0.4) is 0 Å². The zero-order chi connectivity index (χ0) is 17.2. The van der Waals surface area contributed by atoms with E-state index in [1.165, 1.54) is 120 Å². The zero-order valence-corrected chi connectivity index (χ0v) is 17.2. The third-order valence-corrected chi connectivity index (χ3v) is 5.23. The van der Waals surface area contributed by atoms with Crippen LogP contribution in [0.2, 0.25) is 0 Å². The Labute approximate surface area is 148 Å². The Kier molecular flexibility index (Phi) is 16.8. The van der Waals surface area contributed by atoms with E-state index in [1.54, 1.807) is 0 Å². The molecule has 1 heteroatoms. The predicted molar refractivity (Wildman–Crippen MR) is 107 cm³/mol. The van der Waals surface area contributed by atoms with Crippen molar-refractivity contribution in [2.24, 2.45) is 0 Å². The summed E-state index contributed by atoms with van der Waals surface area (Å²) in [6.07, 6.45) is 23.0. The van der Waals surface area contributed by atoms with Crippen LogP contribution in [0.25, 0.3) is 0 Å². The molecule has 0 radical (unpaired) electrons. The third kappa shape index (κ3) is 18.1. The van der Waals surface area contributed by atoms with Gasteiger partial charge in [-0.2, -0.15) is 0 Å². The van der Waals surface area contributed by atoms with E-state index in [0.717, 1.165) is 0 Å². The number of unbranched alkanes of at least 4 members (excludes halogenated alkanes) is 14. The first-order chi connectivity index (χ1) is 11.1. The molecular formula is C22H48N+. The Bertz CT molecular complexity index is 222. The summed E-state index contributed by atoms with van der Waals surface area (Å²) in [7, 11) is 4.86. The molecule has 0 aliphatic heterocycles. The molecule has 0 aliphatic rings. The fourth-order valence-electron chi connectivity index (χ4n) is 3.46. The highest BCUT2D eigenvalue weighted by Gasteiger charge is 2.13. The van der Waals surface area contributed by atoms with Crippen LogP contribution in [-0.2, 0) is 0 Å². The molecule has 0 atom stereocenters. The molecule has 0 fully saturated rings. The molecule has 1 nitrogen and oxygen atoms in total. The maximum Gasteiger partial charge on any atom is 0.0782 e. The Balaban J connectivity index is 3.33. The van der Waals surface area contributed by atoms with Crippen LogP contribution in [0.4, 0.5) is 0 Å². The molecule has 0 aliphatic carbocycles. The molecule has 23 heavy (non-hydrogen) atoms. The van der Waals surface area contributed by atoms with Gasteiger partial charge in [0.15, 0.2) is 0 Å². The van der Waals surface area contributed by atoms with Crippen molar-refractivity contribution in [3.05, 3.63) is 0 Å². The van der Waals surface area contributed by atoms with Crippen LogP contribution in [-0.4, -0.2) is 31.7 Å². The fourth-order valence-corrected chi connectivity index (χ4v) is 3.46. The molecule has 0 unspecified atom stereocenters. The summed E-state index contributed by atoms with van der Waals surface area (Å²) >= 11 is 0. The van der Waals surface area contributed by atoms with Crippen LogP contribution < -0.4 is 0 Å². The van der Waals surface area contributed by atoms with Crippen molar-refractivity contribution in [1.82, 2.24) is 0 Å². The van der Waals surface area contributed by atoms with Gasteiger partial charge in [0.25, 0.3) is 0 Å². The topological polar surface area (TPSA) is 0 Å². The predicted octanol–water partition coefficient (Wildman–Crippen LogP) is 7.34. The normalized spacial score (nSPS) is 12.0. The second-order valence-corrected chi connectivity index (χ2v) is 8.33. The minimum Gasteiger partial charge on any atom is -0.328 e. The summed E-state index contributed by atoms with van der Waals surface area (Å²) in [5.41, 5.74) is 0. The highest BCUT2D eigenvalue weighted by Crippen LogP contribution is 2.13. The van der Waals surface area contributed by atoms with E-state index in [1.807, 2.05) is 0 Å². The average Bonchev–Trinajstić information content (AvgIpc) is 2.52. The monoisotopic (exact) mass is 326 g/mol. The average molecular weight is 327 g/mol. The van der Waals surface area contributed by atoms with Gasteiger partial charge in [0, 0.05) is 0 Å². The standard InChI is InChI=1S/C22H48N/c1-5-7-9-11-13-14-16-18-20-22-23(3,4)21-19-17-15-12-10-8-6-2/h5-22H2,1-4H3/q+1. The summed E-state index contributed by atoms with van der Waals surface area (Å²) < 4.78 is 1.24. The van der Waals surface area contributed by atoms with Crippen LogP contribution >= 0.6 is 0 Å².